The molecule has 4 aliphatic rings. The Morgan fingerprint density at radius 2 is 1.97 bits per heavy atom. The van der Waals surface area contributed by atoms with Crippen LogP contribution >= 0.6 is 23.1 Å². The maximum absolute atomic E-state index is 12.8. The minimum atomic E-state index is 0.0293. The fourth-order valence-electron chi connectivity index (χ4n) is 5.74. The normalized spacial score (nSPS) is 24.3. The first kappa shape index (κ1) is 21.5. The molecule has 1 N–H and O–H groups in total. The summed E-state index contributed by atoms with van der Waals surface area (Å²) < 4.78 is 2.88. The van der Waals surface area contributed by atoms with E-state index in [9.17, 15) is 4.79 Å². The van der Waals surface area contributed by atoms with Crippen LogP contribution in [0.1, 0.15) is 43.7 Å². The molecule has 2 aliphatic heterocycles. The zero-order valence-electron chi connectivity index (χ0n) is 19.7. The lowest BCUT2D eigenvalue weighted by Gasteiger charge is -2.33. The summed E-state index contributed by atoms with van der Waals surface area (Å²) >= 11 is 3.06. The third kappa shape index (κ3) is 3.89. The molecule has 11 heteroatoms. The number of nitrogens with one attached hydrogen (secondary N) is 1. The van der Waals surface area contributed by atoms with Gasteiger partial charge in [0.05, 0.1) is 22.5 Å². The monoisotopic (exact) mass is 518 g/mol. The number of piperazine rings is 1. The first-order valence-corrected chi connectivity index (χ1v) is 14.4. The SMILES string of the molecule is O=C(CN1CC2CC1CN2C1CC1)Nc1nc2ccc(Sc3nnc4ccc(C5CC5)nn34)cc2s1. The van der Waals surface area contributed by atoms with Gasteiger partial charge in [0.2, 0.25) is 11.1 Å². The Morgan fingerprint density at radius 1 is 1.06 bits per heavy atom. The number of thiazole rings is 1. The molecule has 2 unspecified atom stereocenters. The van der Waals surface area contributed by atoms with Gasteiger partial charge < -0.3 is 5.32 Å². The molecular formula is C25H26N8OS2. The molecule has 0 spiro atoms. The van der Waals surface area contributed by atoms with Crippen LogP contribution in [-0.4, -0.2) is 78.3 Å². The van der Waals surface area contributed by atoms with Gasteiger partial charge in [-0.3, -0.25) is 14.6 Å². The first-order chi connectivity index (χ1) is 17.7. The Bertz CT molecular complexity index is 1490. The molecule has 1 amide bonds. The Kier molecular flexibility index (Phi) is 4.90. The van der Waals surface area contributed by atoms with E-state index in [-0.39, 0.29) is 5.91 Å². The second kappa shape index (κ2) is 8.20. The van der Waals surface area contributed by atoms with Gasteiger partial charge in [0.15, 0.2) is 10.8 Å². The van der Waals surface area contributed by atoms with Crippen LogP contribution < -0.4 is 5.32 Å². The van der Waals surface area contributed by atoms with Crippen molar-refractivity contribution in [3.05, 3.63) is 36.0 Å². The molecule has 2 saturated carbocycles. The highest BCUT2D eigenvalue weighted by Gasteiger charge is 2.48. The predicted octanol–water partition coefficient (Wildman–Crippen LogP) is 3.62. The van der Waals surface area contributed by atoms with Crippen molar-refractivity contribution in [1.82, 2.24) is 34.6 Å². The largest absolute Gasteiger partial charge is 0.301 e. The molecule has 3 aromatic heterocycles. The second-order valence-corrected chi connectivity index (χ2v) is 12.6. The van der Waals surface area contributed by atoms with Crippen molar-refractivity contribution >= 4 is 50.0 Å². The standard InChI is InChI=1S/C25H26N8OS2/c34-23(13-31-11-17-9-16(31)12-32(17)15-3-4-15)27-24-26-20-6-5-18(10-21(20)36-24)35-25-29-28-22-8-7-19(14-1-2-14)30-33(22)25/h5-8,10,14-17H,1-4,9,11-13H2,(H,26,27,34). The molecule has 4 fully saturated rings. The molecule has 8 rings (SSSR count). The van der Waals surface area contributed by atoms with Gasteiger partial charge in [-0.2, -0.15) is 9.61 Å². The molecule has 36 heavy (non-hydrogen) atoms. The molecular weight excluding hydrogens is 492 g/mol. The van der Waals surface area contributed by atoms with E-state index in [0.717, 1.165) is 50.7 Å². The highest BCUT2D eigenvalue weighted by Crippen LogP contribution is 2.40. The number of benzene rings is 1. The number of hydrogen-bond donors (Lipinski definition) is 1. The van der Waals surface area contributed by atoms with Crippen LogP contribution in [0.15, 0.2) is 40.4 Å². The van der Waals surface area contributed by atoms with Crippen molar-refractivity contribution in [1.29, 1.82) is 0 Å². The van der Waals surface area contributed by atoms with Gasteiger partial charge in [-0.05, 0) is 74.2 Å². The number of carbonyl (C=O) groups is 1. The van der Waals surface area contributed by atoms with Crippen LogP contribution in [0.3, 0.4) is 0 Å². The molecule has 4 aromatic rings. The van der Waals surface area contributed by atoms with Crippen molar-refractivity contribution < 1.29 is 4.79 Å². The van der Waals surface area contributed by atoms with Crippen molar-refractivity contribution in [2.75, 3.05) is 25.0 Å². The molecule has 9 nitrogen and oxygen atoms in total. The minimum Gasteiger partial charge on any atom is -0.301 e. The first-order valence-electron chi connectivity index (χ1n) is 12.8. The van der Waals surface area contributed by atoms with E-state index >= 15 is 0 Å². The molecule has 5 heterocycles. The minimum absolute atomic E-state index is 0.0293. The van der Waals surface area contributed by atoms with Crippen molar-refractivity contribution in [3.8, 4) is 0 Å². The lowest BCUT2D eigenvalue weighted by atomic mass is 10.2. The van der Waals surface area contributed by atoms with E-state index < -0.39 is 0 Å². The highest BCUT2D eigenvalue weighted by atomic mass is 32.2. The molecule has 2 bridgehead atoms. The number of anilines is 1. The third-order valence-electron chi connectivity index (χ3n) is 7.82. The molecule has 1 aromatic carbocycles. The fourth-order valence-corrected chi connectivity index (χ4v) is 7.56. The smallest absolute Gasteiger partial charge is 0.240 e. The highest BCUT2D eigenvalue weighted by molar-refractivity contribution is 7.99. The van der Waals surface area contributed by atoms with Crippen LogP contribution in [-0.2, 0) is 4.79 Å². The topological polar surface area (TPSA) is 91.5 Å². The summed E-state index contributed by atoms with van der Waals surface area (Å²) in [6.07, 6.45) is 6.35. The number of rotatable bonds is 7. The Balaban J connectivity index is 0.948. The number of amides is 1. The number of likely N-dealkylation sites (tertiary alicyclic amines) is 2. The van der Waals surface area contributed by atoms with E-state index in [1.807, 2.05) is 22.7 Å². The van der Waals surface area contributed by atoms with Gasteiger partial charge in [0.25, 0.3) is 0 Å². The van der Waals surface area contributed by atoms with E-state index in [1.165, 1.54) is 43.4 Å². The van der Waals surface area contributed by atoms with E-state index in [2.05, 4.69) is 42.4 Å². The maximum Gasteiger partial charge on any atom is 0.240 e. The molecule has 184 valence electrons. The zero-order chi connectivity index (χ0) is 23.8. The third-order valence-corrected chi connectivity index (χ3v) is 9.69. The lowest BCUT2D eigenvalue weighted by Crippen LogP contribution is -2.49. The Hall–Kier alpha value is -2.60. The van der Waals surface area contributed by atoms with Crippen molar-refractivity contribution in [3.63, 3.8) is 0 Å². The Morgan fingerprint density at radius 3 is 2.78 bits per heavy atom. The van der Waals surface area contributed by atoms with E-state index in [4.69, 9.17) is 5.10 Å². The molecule has 0 radical (unpaired) electrons. The quantitative estimate of drug-likeness (QED) is 0.397. The maximum atomic E-state index is 12.8. The average Bonchev–Trinajstić information content (AvgIpc) is 3.76. The van der Waals surface area contributed by atoms with Crippen LogP contribution in [0.4, 0.5) is 5.13 Å². The number of nitrogens with zero attached hydrogens (tertiary/aromatic N) is 7. The number of carbonyl (C=O) groups excluding carboxylic acids is 1. The van der Waals surface area contributed by atoms with Gasteiger partial charge in [0, 0.05) is 42.0 Å². The number of hydrogen-bond acceptors (Lipinski definition) is 9. The van der Waals surface area contributed by atoms with E-state index in [0.29, 0.717) is 29.7 Å². The van der Waals surface area contributed by atoms with Crippen LogP contribution in [0.2, 0.25) is 0 Å². The van der Waals surface area contributed by atoms with Crippen molar-refractivity contribution in [2.24, 2.45) is 0 Å². The van der Waals surface area contributed by atoms with Gasteiger partial charge in [-0.15, -0.1) is 10.2 Å². The fraction of sp³-hybridized carbons (Fsp3) is 0.480. The summed E-state index contributed by atoms with van der Waals surface area (Å²) in [7, 11) is 0. The second-order valence-electron chi connectivity index (χ2n) is 10.5. The van der Waals surface area contributed by atoms with Crippen molar-refractivity contribution in [2.45, 2.75) is 66.2 Å². The predicted molar refractivity (Wildman–Crippen MR) is 139 cm³/mol. The van der Waals surface area contributed by atoms with Crippen LogP contribution in [0.5, 0.6) is 0 Å². The summed E-state index contributed by atoms with van der Waals surface area (Å²) in [5.74, 6) is 0.608. The van der Waals surface area contributed by atoms with Gasteiger partial charge in [-0.1, -0.05) is 11.3 Å². The Labute approximate surface area is 216 Å². The van der Waals surface area contributed by atoms with Gasteiger partial charge in [0.1, 0.15) is 0 Å². The van der Waals surface area contributed by atoms with Gasteiger partial charge >= 0.3 is 0 Å². The summed E-state index contributed by atoms with van der Waals surface area (Å²) in [4.78, 5) is 23.5. The zero-order valence-corrected chi connectivity index (χ0v) is 21.3. The number of aromatic nitrogens is 5. The van der Waals surface area contributed by atoms with Crippen LogP contribution in [0.25, 0.3) is 15.9 Å². The molecule has 2 atom stereocenters. The summed E-state index contributed by atoms with van der Waals surface area (Å²) in [5, 5.41) is 17.9. The summed E-state index contributed by atoms with van der Waals surface area (Å²) in [6, 6.07) is 12.2. The number of fused-ring (bicyclic) bond motifs is 4. The van der Waals surface area contributed by atoms with E-state index in [1.54, 1.807) is 11.8 Å². The van der Waals surface area contributed by atoms with Gasteiger partial charge in [-0.25, -0.2) is 4.98 Å². The van der Waals surface area contributed by atoms with Crippen LogP contribution in [0, 0.1) is 0 Å². The summed E-state index contributed by atoms with van der Waals surface area (Å²) in [5.41, 5.74) is 2.77. The molecule has 2 saturated heterocycles. The molecule has 2 aliphatic carbocycles. The summed E-state index contributed by atoms with van der Waals surface area (Å²) in [6.45, 7) is 2.60. The average molecular weight is 519 g/mol. The lowest BCUT2D eigenvalue weighted by molar-refractivity contribution is -0.117.